The number of amides is 2. The molecule has 1 atom stereocenters. The van der Waals surface area contributed by atoms with Crippen molar-refractivity contribution in [1.29, 1.82) is 0 Å². The second-order valence-corrected chi connectivity index (χ2v) is 6.05. The summed E-state index contributed by atoms with van der Waals surface area (Å²) in [7, 11) is 0. The van der Waals surface area contributed by atoms with Crippen molar-refractivity contribution in [2.24, 2.45) is 0 Å². The average molecular weight is 302 g/mol. The Kier molecular flexibility index (Phi) is 4.32. The third-order valence-electron chi connectivity index (χ3n) is 4.25. The zero-order valence-electron chi connectivity index (χ0n) is 12.9. The lowest BCUT2D eigenvalue weighted by Gasteiger charge is -2.26. The molecule has 118 valence electrons. The minimum Gasteiger partial charge on any atom is -0.490 e. The van der Waals surface area contributed by atoms with Gasteiger partial charge in [-0.2, -0.15) is 0 Å². The molecule has 2 aliphatic rings. The minimum absolute atomic E-state index is 0.0909. The molecule has 0 spiro atoms. The first-order valence-corrected chi connectivity index (χ1v) is 7.99. The van der Waals surface area contributed by atoms with Gasteiger partial charge < -0.3 is 15.0 Å². The van der Waals surface area contributed by atoms with Gasteiger partial charge in [0.25, 0.3) is 5.91 Å². The summed E-state index contributed by atoms with van der Waals surface area (Å²) in [5, 5.41) is 2.90. The van der Waals surface area contributed by atoms with E-state index in [0.717, 1.165) is 37.1 Å². The van der Waals surface area contributed by atoms with Crippen LogP contribution in [0.25, 0.3) is 0 Å². The monoisotopic (exact) mass is 302 g/mol. The normalized spacial score (nSPS) is 20.5. The summed E-state index contributed by atoms with van der Waals surface area (Å²) in [5.41, 5.74) is 1.74. The number of piperidine rings is 1. The number of rotatable bonds is 4. The maximum Gasteiger partial charge on any atom is 0.251 e. The molecule has 0 saturated carbocycles. The van der Waals surface area contributed by atoms with Crippen molar-refractivity contribution in [3.8, 4) is 5.75 Å². The Morgan fingerprint density at radius 2 is 2.27 bits per heavy atom. The van der Waals surface area contributed by atoms with Gasteiger partial charge in [0, 0.05) is 38.0 Å². The molecular formula is C17H22N2O3. The Labute approximate surface area is 130 Å². The summed E-state index contributed by atoms with van der Waals surface area (Å²) >= 11 is 0. The highest BCUT2D eigenvalue weighted by Crippen LogP contribution is 2.29. The SMILES string of the molecule is C[C@H]1Cc2cc(C(=O)NCCN3CCCCC3=O)ccc2O1. The molecule has 2 aliphatic heterocycles. The maximum absolute atomic E-state index is 12.2. The molecule has 5 heteroatoms. The predicted molar refractivity (Wildman–Crippen MR) is 83.0 cm³/mol. The lowest BCUT2D eigenvalue weighted by atomic mass is 10.1. The van der Waals surface area contributed by atoms with E-state index in [0.29, 0.717) is 25.1 Å². The summed E-state index contributed by atoms with van der Waals surface area (Å²) in [5.74, 6) is 0.985. The van der Waals surface area contributed by atoms with Crippen molar-refractivity contribution >= 4 is 11.8 Å². The smallest absolute Gasteiger partial charge is 0.251 e. The molecule has 2 heterocycles. The van der Waals surface area contributed by atoms with Crippen molar-refractivity contribution in [1.82, 2.24) is 10.2 Å². The lowest BCUT2D eigenvalue weighted by Crippen LogP contribution is -2.41. The summed E-state index contributed by atoms with van der Waals surface area (Å²) in [6.45, 7) is 3.92. The first-order chi connectivity index (χ1) is 10.6. The zero-order chi connectivity index (χ0) is 15.5. The number of nitrogens with zero attached hydrogens (tertiary/aromatic N) is 1. The van der Waals surface area contributed by atoms with Gasteiger partial charge in [-0.05, 0) is 43.5 Å². The van der Waals surface area contributed by atoms with E-state index in [2.05, 4.69) is 5.32 Å². The van der Waals surface area contributed by atoms with E-state index in [4.69, 9.17) is 4.74 Å². The van der Waals surface area contributed by atoms with Crippen LogP contribution >= 0.6 is 0 Å². The Bertz CT molecular complexity index is 585. The number of carbonyl (C=O) groups is 2. The van der Waals surface area contributed by atoms with Crippen LogP contribution in [-0.4, -0.2) is 42.5 Å². The first-order valence-electron chi connectivity index (χ1n) is 7.99. The largest absolute Gasteiger partial charge is 0.490 e. The quantitative estimate of drug-likeness (QED) is 0.922. The third kappa shape index (κ3) is 3.24. The van der Waals surface area contributed by atoms with Gasteiger partial charge in [0.1, 0.15) is 11.9 Å². The Balaban J connectivity index is 1.52. The van der Waals surface area contributed by atoms with Gasteiger partial charge in [0.2, 0.25) is 5.91 Å². The molecule has 0 radical (unpaired) electrons. The highest BCUT2D eigenvalue weighted by Gasteiger charge is 2.21. The molecule has 3 rings (SSSR count). The number of ether oxygens (including phenoxy) is 1. The molecule has 22 heavy (non-hydrogen) atoms. The number of hydrogen-bond acceptors (Lipinski definition) is 3. The number of benzene rings is 1. The van der Waals surface area contributed by atoms with Gasteiger partial charge in [-0.1, -0.05) is 0 Å². The molecule has 2 amide bonds. The highest BCUT2D eigenvalue weighted by atomic mass is 16.5. The van der Waals surface area contributed by atoms with Crippen LogP contribution < -0.4 is 10.1 Å². The van der Waals surface area contributed by atoms with Gasteiger partial charge >= 0.3 is 0 Å². The average Bonchev–Trinajstić information content (AvgIpc) is 2.88. The molecule has 0 aromatic heterocycles. The summed E-state index contributed by atoms with van der Waals surface area (Å²) in [6, 6.07) is 5.56. The summed E-state index contributed by atoms with van der Waals surface area (Å²) in [6.07, 6.45) is 3.70. The Morgan fingerprint density at radius 3 is 3.09 bits per heavy atom. The van der Waals surface area contributed by atoms with Gasteiger partial charge in [0.15, 0.2) is 0 Å². The van der Waals surface area contributed by atoms with E-state index in [1.807, 2.05) is 24.0 Å². The standard InChI is InChI=1S/C17H22N2O3/c1-12-10-14-11-13(5-6-15(14)22-12)17(21)18-7-9-19-8-3-2-4-16(19)20/h5-6,11-12H,2-4,7-10H2,1H3,(H,18,21)/t12-/m0/s1. The van der Waals surface area contributed by atoms with Crippen molar-refractivity contribution < 1.29 is 14.3 Å². The van der Waals surface area contributed by atoms with Crippen LogP contribution in [0.5, 0.6) is 5.75 Å². The van der Waals surface area contributed by atoms with Crippen LogP contribution in [0.1, 0.15) is 42.1 Å². The van der Waals surface area contributed by atoms with E-state index in [-0.39, 0.29) is 17.9 Å². The fourth-order valence-electron chi connectivity index (χ4n) is 3.07. The highest BCUT2D eigenvalue weighted by molar-refractivity contribution is 5.94. The lowest BCUT2D eigenvalue weighted by molar-refractivity contribution is -0.133. The molecule has 0 aliphatic carbocycles. The van der Waals surface area contributed by atoms with Crippen molar-refractivity contribution in [2.75, 3.05) is 19.6 Å². The van der Waals surface area contributed by atoms with Crippen LogP contribution in [0, 0.1) is 0 Å². The van der Waals surface area contributed by atoms with Gasteiger partial charge in [-0.25, -0.2) is 0 Å². The van der Waals surface area contributed by atoms with Gasteiger partial charge in [-0.15, -0.1) is 0 Å². The van der Waals surface area contributed by atoms with Crippen LogP contribution in [-0.2, 0) is 11.2 Å². The molecule has 1 aromatic rings. The molecular weight excluding hydrogens is 280 g/mol. The number of nitrogens with one attached hydrogen (secondary N) is 1. The molecule has 1 saturated heterocycles. The summed E-state index contributed by atoms with van der Waals surface area (Å²) < 4.78 is 5.64. The number of likely N-dealkylation sites (tertiary alicyclic amines) is 1. The first kappa shape index (κ1) is 14.9. The number of hydrogen-bond donors (Lipinski definition) is 1. The molecule has 1 N–H and O–H groups in total. The predicted octanol–water partition coefficient (Wildman–Crippen LogP) is 1.75. The van der Waals surface area contributed by atoms with Gasteiger partial charge in [0.05, 0.1) is 0 Å². The zero-order valence-corrected chi connectivity index (χ0v) is 12.9. The van der Waals surface area contributed by atoms with Crippen molar-refractivity contribution in [2.45, 2.75) is 38.7 Å². The van der Waals surface area contributed by atoms with Crippen molar-refractivity contribution in [3.05, 3.63) is 29.3 Å². The fraction of sp³-hybridized carbons (Fsp3) is 0.529. The van der Waals surface area contributed by atoms with Crippen LogP contribution in [0.2, 0.25) is 0 Å². The van der Waals surface area contributed by atoms with E-state index >= 15 is 0 Å². The van der Waals surface area contributed by atoms with E-state index < -0.39 is 0 Å². The topological polar surface area (TPSA) is 58.6 Å². The second-order valence-electron chi connectivity index (χ2n) is 6.05. The molecule has 5 nitrogen and oxygen atoms in total. The van der Waals surface area contributed by atoms with E-state index in [1.54, 1.807) is 6.07 Å². The fourth-order valence-corrected chi connectivity index (χ4v) is 3.07. The Morgan fingerprint density at radius 1 is 1.41 bits per heavy atom. The Hall–Kier alpha value is -2.04. The van der Waals surface area contributed by atoms with Crippen LogP contribution in [0.4, 0.5) is 0 Å². The molecule has 0 unspecified atom stereocenters. The molecule has 1 fully saturated rings. The summed E-state index contributed by atoms with van der Waals surface area (Å²) in [4.78, 5) is 25.7. The second kappa shape index (κ2) is 6.38. The third-order valence-corrected chi connectivity index (χ3v) is 4.25. The number of carbonyl (C=O) groups excluding carboxylic acids is 2. The van der Waals surface area contributed by atoms with Crippen molar-refractivity contribution in [3.63, 3.8) is 0 Å². The van der Waals surface area contributed by atoms with E-state index in [9.17, 15) is 9.59 Å². The molecule has 0 bridgehead atoms. The van der Waals surface area contributed by atoms with Crippen LogP contribution in [0.15, 0.2) is 18.2 Å². The van der Waals surface area contributed by atoms with Crippen LogP contribution in [0.3, 0.4) is 0 Å². The molecule has 1 aromatic carbocycles. The number of fused-ring (bicyclic) bond motifs is 1. The maximum atomic E-state index is 12.2. The van der Waals surface area contributed by atoms with Gasteiger partial charge in [-0.3, -0.25) is 9.59 Å². The van der Waals surface area contributed by atoms with E-state index in [1.165, 1.54) is 0 Å². The minimum atomic E-state index is -0.0909.